The molecule has 0 fully saturated rings. The van der Waals surface area contributed by atoms with E-state index in [0.717, 1.165) is 11.1 Å². The van der Waals surface area contributed by atoms with Gasteiger partial charge in [0.25, 0.3) is 0 Å². The van der Waals surface area contributed by atoms with E-state index in [1.54, 1.807) is 10.9 Å². The summed E-state index contributed by atoms with van der Waals surface area (Å²) in [5.74, 6) is 0.767. The fourth-order valence-corrected chi connectivity index (χ4v) is 2.13. The van der Waals surface area contributed by atoms with Gasteiger partial charge in [-0.15, -0.1) is 0 Å². The van der Waals surface area contributed by atoms with Crippen LogP contribution in [0.3, 0.4) is 0 Å². The molecule has 4 nitrogen and oxygen atoms in total. The molecule has 3 rings (SSSR count). The fraction of sp³-hybridized carbons (Fsp3) is 0.188. The molecule has 0 aliphatic rings. The molecule has 0 aliphatic carbocycles. The second kappa shape index (κ2) is 5.75. The first-order chi connectivity index (χ1) is 9.81. The highest BCUT2D eigenvalue weighted by Crippen LogP contribution is 2.20. The second-order valence-electron chi connectivity index (χ2n) is 4.70. The van der Waals surface area contributed by atoms with Crippen molar-refractivity contribution in [3.8, 4) is 5.75 Å². The van der Waals surface area contributed by atoms with Gasteiger partial charge in [0.2, 0.25) is 0 Å². The molecule has 0 aliphatic heterocycles. The monoisotopic (exact) mass is 268 g/mol. The Morgan fingerprint density at radius 1 is 1.10 bits per heavy atom. The molecule has 0 saturated heterocycles. The van der Waals surface area contributed by atoms with Crippen LogP contribution >= 0.6 is 0 Å². The number of aromatic nitrogens is 2. The summed E-state index contributed by atoms with van der Waals surface area (Å²) in [6, 6.07) is 15.9. The Morgan fingerprint density at radius 3 is 2.75 bits per heavy atom. The van der Waals surface area contributed by atoms with E-state index in [4.69, 9.17) is 4.74 Å². The number of nitrogens with zero attached hydrogens (tertiary/aromatic N) is 2. The van der Waals surface area contributed by atoms with Crippen molar-refractivity contribution in [2.45, 2.75) is 12.6 Å². The van der Waals surface area contributed by atoms with Crippen LogP contribution in [-0.4, -0.2) is 27.6 Å². The van der Waals surface area contributed by atoms with E-state index < -0.39 is 6.10 Å². The van der Waals surface area contributed by atoms with Crippen molar-refractivity contribution in [2.24, 2.45) is 0 Å². The molecular formula is C16H16N2O2. The maximum atomic E-state index is 9.91. The van der Waals surface area contributed by atoms with E-state index in [-0.39, 0.29) is 6.61 Å². The summed E-state index contributed by atoms with van der Waals surface area (Å²) in [5, 5.41) is 16.3. The molecule has 2 aromatic carbocycles. The van der Waals surface area contributed by atoms with Gasteiger partial charge in [0.05, 0.1) is 6.54 Å². The van der Waals surface area contributed by atoms with Crippen LogP contribution in [0.2, 0.25) is 0 Å². The Hall–Kier alpha value is -2.33. The van der Waals surface area contributed by atoms with Crippen molar-refractivity contribution in [3.63, 3.8) is 0 Å². The normalized spacial score (nSPS) is 12.4. The highest BCUT2D eigenvalue weighted by atomic mass is 16.5. The minimum atomic E-state index is -0.582. The largest absolute Gasteiger partial charge is 0.491 e. The minimum absolute atomic E-state index is 0.248. The number of ether oxygens (including phenoxy) is 1. The zero-order valence-electron chi connectivity index (χ0n) is 11.0. The number of benzene rings is 2. The Bertz CT molecular complexity index is 680. The third-order valence-electron chi connectivity index (χ3n) is 3.12. The molecule has 0 radical (unpaired) electrons. The fourth-order valence-electron chi connectivity index (χ4n) is 2.13. The van der Waals surface area contributed by atoms with Crippen LogP contribution in [0.25, 0.3) is 10.8 Å². The lowest BCUT2D eigenvalue weighted by Crippen LogP contribution is -2.23. The summed E-state index contributed by atoms with van der Waals surface area (Å²) < 4.78 is 7.32. The molecule has 20 heavy (non-hydrogen) atoms. The minimum Gasteiger partial charge on any atom is -0.491 e. The lowest BCUT2D eigenvalue weighted by molar-refractivity contribution is 0.0894. The Kier molecular flexibility index (Phi) is 3.65. The number of rotatable bonds is 5. The summed E-state index contributed by atoms with van der Waals surface area (Å²) in [5.41, 5.74) is 0. The third kappa shape index (κ3) is 2.97. The summed E-state index contributed by atoms with van der Waals surface area (Å²) in [6.07, 6.45) is 2.93. The molecule has 3 aromatic rings. The average molecular weight is 268 g/mol. The van der Waals surface area contributed by atoms with E-state index >= 15 is 0 Å². The molecule has 0 amide bonds. The van der Waals surface area contributed by atoms with Crippen molar-refractivity contribution in [1.29, 1.82) is 0 Å². The smallest absolute Gasteiger partial charge is 0.120 e. The predicted octanol–water partition coefficient (Wildman–Crippen LogP) is 2.48. The van der Waals surface area contributed by atoms with Crippen molar-refractivity contribution in [3.05, 3.63) is 60.9 Å². The van der Waals surface area contributed by atoms with Crippen LogP contribution in [0.4, 0.5) is 0 Å². The van der Waals surface area contributed by atoms with Crippen LogP contribution in [0, 0.1) is 0 Å². The van der Waals surface area contributed by atoms with Crippen LogP contribution in [-0.2, 0) is 6.54 Å². The van der Waals surface area contributed by atoms with Gasteiger partial charge < -0.3 is 9.84 Å². The van der Waals surface area contributed by atoms with Crippen LogP contribution in [0.5, 0.6) is 5.75 Å². The van der Waals surface area contributed by atoms with Crippen molar-refractivity contribution >= 4 is 10.8 Å². The highest BCUT2D eigenvalue weighted by molar-refractivity contribution is 5.83. The summed E-state index contributed by atoms with van der Waals surface area (Å²) >= 11 is 0. The number of aliphatic hydroxyl groups is 1. The quantitative estimate of drug-likeness (QED) is 0.773. The number of fused-ring (bicyclic) bond motifs is 1. The molecule has 1 unspecified atom stereocenters. The van der Waals surface area contributed by atoms with Gasteiger partial charge in [-0.2, -0.15) is 5.10 Å². The molecule has 0 saturated carbocycles. The molecule has 1 heterocycles. The van der Waals surface area contributed by atoms with Gasteiger partial charge in [0.1, 0.15) is 18.5 Å². The van der Waals surface area contributed by atoms with Crippen molar-refractivity contribution in [2.75, 3.05) is 6.61 Å². The molecular weight excluding hydrogens is 252 g/mol. The highest BCUT2D eigenvalue weighted by Gasteiger charge is 2.06. The Balaban J connectivity index is 1.61. The van der Waals surface area contributed by atoms with Gasteiger partial charge in [-0.25, -0.2) is 0 Å². The van der Waals surface area contributed by atoms with Gasteiger partial charge in [-0.1, -0.05) is 30.3 Å². The molecule has 0 bridgehead atoms. The SMILES string of the molecule is OC(COc1ccc2ccccc2c1)Cn1cccn1. The Labute approximate surface area is 117 Å². The molecule has 0 spiro atoms. The summed E-state index contributed by atoms with van der Waals surface area (Å²) in [6.45, 7) is 0.679. The first-order valence-corrected chi connectivity index (χ1v) is 6.58. The predicted molar refractivity (Wildman–Crippen MR) is 77.7 cm³/mol. The van der Waals surface area contributed by atoms with Crippen LogP contribution < -0.4 is 4.74 Å². The third-order valence-corrected chi connectivity index (χ3v) is 3.12. The average Bonchev–Trinajstić information content (AvgIpc) is 2.98. The van der Waals surface area contributed by atoms with Crippen LogP contribution in [0.1, 0.15) is 0 Å². The van der Waals surface area contributed by atoms with Gasteiger partial charge in [0, 0.05) is 12.4 Å². The maximum Gasteiger partial charge on any atom is 0.120 e. The lowest BCUT2D eigenvalue weighted by atomic mass is 10.1. The van der Waals surface area contributed by atoms with Gasteiger partial charge in [-0.3, -0.25) is 4.68 Å². The zero-order valence-corrected chi connectivity index (χ0v) is 11.0. The van der Waals surface area contributed by atoms with Gasteiger partial charge in [0.15, 0.2) is 0 Å². The van der Waals surface area contributed by atoms with E-state index in [2.05, 4.69) is 11.2 Å². The Morgan fingerprint density at radius 2 is 1.95 bits per heavy atom. The zero-order chi connectivity index (χ0) is 13.8. The van der Waals surface area contributed by atoms with Gasteiger partial charge >= 0.3 is 0 Å². The lowest BCUT2D eigenvalue weighted by Gasteiger charge is -2.13. The van der Waals surface area contributed by atoms with Crippen molar-refractivity contribution in [1.82, 2.24) is 9.78 Å². The molecule has 102 valence electrons. The van der Waals surface area contributed by atoms with E-state index in [1.807, 2.05) is 48.7 Å². The summed E-state index contributed by atoms with van der Waals surface area (Å²) in [4.78, 5) is 0. The maximum absolute atomic E-state index is 9.91. The number of hydrogen-bond acceptors (Lipinski definition) is 3. The van der Waals surface area contributed by atoms with E-state index in [0.29, 0.717) is 6.54 Å². The van der Waals surface area contributed by atoms with E-state index in [9.17, 15) is 5.11 Å². The van der Waals surface area contributed by atoms with Crippen LogP contribution in [0.15, 0.2) is 60.9 Å². The number of aliphatic hydroxyl groups excluding tert-OH is 1. The summed E-state index contributed by atoms with van der Waals surface area (Å²) in [7, 11) is 0. The van der Waals surface area contributed by atoms with Crippen molar-refractivity contribution < 1.29 is 9.84 Å². The van der Waals surface area contributed by atoms with E-state index in [1.165, 1.54) is 5.39 Å². The van der Waals surface area contributed by atoms with Gasteiger partial charge in [-0.05, 0) is 29.0 Å². The first kappa shape index (κ1) is 12.7. The number of hydrogen-bond donors (Lipinski definition) is 1. The topological polar surface area (TPSA) is 47.3 Å². The molecule has 4 heteroatoms. The standard InChI is InChI=1S/C16H16N2O2/c19-15(11-18-9-3-8-17-18)12-20-16-7-6-13-4-1-2-5-14(13)10-16/h1-10,15,19H,11-12H2. The first-order valence-electron chi connectivity index (χ1n) is 6.58. The second-order valence-corrected chi connectivity index (χ2v) is 4.70. The molecule has 1 aromatic heterocycles. The molecule has 1 N–H and O–H groups in total. The molecule has 1 atom stereocenters.